The Morgan fingerprint density at radius 3 is 2.50 bits per heavy atom. The van der Waals surface area contributed by atoms with Crippen molar-refractivity contribution in [3.8, 4) is 0 Å². The van der Waals surface area contributed by atoms with Crippen LogP contribution < -0.4 is 10.6 Å². The Morgan fingerprint density at radius 2 is 1.86 bits per heavy atom. The first-order valence-electron chi connectivity index (χ1n) is 7.29. The zero-order valence-electron chi connectivity index (χ0n) is 12.3. The molecule has 0 aliphatic carbocycles. The second-order valence-electron chi connectivity index (χ2n) is 5.26. The van der Waals surface area contributed by atoms with Gasteiger partial charge in [0.2, 0.25) is 0 Å². The Balaban J connectivity index is 1.54. The van der Waals surface area contributed by atoms with Crippen LogP contribution >= 0.6 is 11.6 Å². The van der Waals surface area contributed by atoms with Crippen molar-refractivity contribution in [2.75, 3.05) is 31.1 Å². The minimum Gasteiger partial charge on any atom is -0.472 e. The summed E-state index contributed by atoms with van der Waals surface area (Å²) in [6.07, 6.45) is 3.33. The Labute approximate surface area is 135 Å². The van der Waals surface area contributed by atoms with Crippen LogP contribution in [0.25, 0.3) is 0 Å². The van der Waals surface area contributed by atoms with Gasteiger partial charge in [0, 0.05) is 42.5 Å². The molecule has 0 saturated carbocycles. The molecule has 0 unspecified atom stereocenters. The maximum absolute atomic E-state index is 6.08. The van der Waals surface area contributed by atoms with Gasteiger partial charge in [0.25, 0.3) is 0 Å². The van der Waals surface area contributed by atoms with Crippen LogP contribution in [0.4, 0.5) is 5.69 Å². The molecule has 6 heteroatoms. The van der Waals surface area contributed by atoms with E-state index < -0.39 is 0 Å². The maximum Gasteiger partial charge on any atom is 0.191 e. The van der Waals surface area contributed by atoms with E-state index >= 15 is 0 Å². The van der Waals surface area contributed by atoms with Crippen LogP contribution in [0, 0.1) is 0 Å². The van der Waals surface area contributed by atoms with Gasteiger partial charge in [0.05, 0.1) is 19.1 Å². The van der Waals surface area contributed by atoms with Gasteiger partial charge in [-0.15, -0.1) is 0 Å². The molecule has 0 radical (unpaired) electrons. The summed E-state index contributed by atoms with van der Waals surface area (Å²) in [4.78, 5) is 8.87. The molecule has 3 rings (SSSR count). The number of nitrogens with two attached hydrogens (primary N) is 1. The summed E-state index contributed by atoms with van der Waals surface area (Å²) in [7, 11) is 0. The molecule has 0 spiro atoms. The third kappa shape index (κ3) is 3.54. The maximum atomic E-state index is 6.08. The van der Waals surface area contributed by atoms with Crippen molar-refractivity contribution in [2.45, 2.75) is 6.54 Å². The van der Waals surface area contributed by atoms with E-state index in [-0.39, 0.29) is 0 Å². The lowest BCUT2D eigenvalue weighted by atomic mass is 10.2. The Hall–Kier alpha value is -2.14. The molecule has 2 N–H and O–H groups in total. The van der Waals surface area contributed by atoms with Crippen molar-refractivity contribution in [2.24, 2.45) is 10.7 Å². The number of hydrogen-bond acceptors (Lipinski definition) is 3. The lowest BCUT2D eigenvalue weighted by Gasteiger charge is -2.36. The van der Waals surface area contributed by atoms with Gasteiger partial charge in [0.1, 0.15) is 0 Å². The number of rotatable bonds is 3. The van der Waals surface area contributed by atoms with Crippen molar-refractivity contribution >= 4 is 23.2 Å². The first-order chi connectivity index (χ1) is 10.7. The van der Waals surface area contributed by atoms with E-state index in [1.54, 1.807) is 12.5 Å². The summed E-state index contributed by atoms with van der Waals surface area (Å²) < 4.78 is 5.02. The number of benzene rings is 1. The number of aliphatic imine (C=N–C) groups is 1. The summed E-state index contributed by atoms with van der Waals surface area (Å²) in [6, 6.07) is 9.84. The Kier molecular flexibility index (Phi) is 4.53. The summed E-state index contributed by atoms with van der Waals surface area (Å²) in [5.41, 5.74) is 8.30. The van der Waals surface area contributed by atoms with Gasteiger partial charge in [-0.1, -0.05) is 11.6 Å². The molecule has 116 valence electrons. The van der Waals surface area contributed by atoms with E-state index in [1.165, 1.54) is 5.69 Å². The number of piperazine rings is 1. The summed E-state index contributed by atoms with van der Waals surface area (Å²) >= 11 is 5.93. The molecule has 1 aliphatic rings. The van der Waals surface area contributed by atoms with E-state index in [0.29, 0.717) is 12.5 Å². The quantitative estimate of drug-likeness (QED) is 0.698. The van der Waals surface area contributed by atoms with Crippen molar-refractivity contribution in [1.29, 1.82) is 0 Å². The highest BCUT2D eigenvalue weighted by molar-refractivity contribution is 6.30. The molecule has 1 aromatic carbocycles. The van der Waals surface area contributed by atoms with Crippen LogP contribution in [-0.4, -0.2) is 37.0 Å². The molecule has 1 fully saturated rings. The molecule has 0 bridgehead atoms. The van der Waals surface area contributed by atoms with Crippen LogP contribution in [0.5, 0.6) is 0 Å². The average molecular weight is 319 g/mol. The number of guanidine groups is 1. The molecule has 5 nitrogen and oxygen atoms in total. The van der Waals surface area contributed by atoms with E-state index in [0.717, 1.165) is 36.8 Å². The summed E-state index contributed by atoms with van der Waals surface area (Å²) in [5.74, 6) is 0.594. The average Bonchev–Trinajstić information content (AvgIpc) is 3.07. The van der Waals surface area contributed by atoms with E-state index in [2.05, 4.69) is 14.8 Å². The fourth-order valence-electron chi connectivity index (χ4n) is 2.50. The molecule has 0 atom stereocenters. The summed E-state index contributed by atoms with van der Waals surface area (Å²) in [6.45, 7) is 4.12. The molecular formula is C16H19ClN4O. The molecule has 2 aromatic rings. The predicted molar refractivity (Wildman–Crippen MR) is 89.3 cm³/mol. The predicted octanol–water partition coefficient (Wildman–Crippen LogP) is 2.57. The Morgan fingerprint density at radius 1 is 1.14 bits per heavy atom. The van der Waals surface area contributed by atoms with Gasteiger partial charge in [-0.3, -0.25) is 0 Å². The van der Waals surface area contributed by atoms with Gasteiger partial charge in [-0.25, -0.2) is 4.99 Å². The highest BCUT2D eigenvalue weighted by atomic mass is 35.5. The van der Waals surface area contributed by atoms with Crippen molar-refractivity contribution in [3.05, 3.63) is 53.4 Å². The largest absolute Gasteiger partial charge is 0.472 e. The molecule has 2 heterocycles. The van der Waals surface area contributed by atoms with E-state index in [9.17, 15) is 0 Å². The van der Waals surface area contributed by atoms with Crippen molar-refractivity contribution in [3.63, 3.8) is 0 Å². The van der Waals surface area contributed by atoms with Gasteiger partial charge in [-0.05, 0) is 30.3 Å². The van der Waals surface area contributed by atoms with Crippen molar-refractivity contribution in [1.82, 2.24) is 4.90 Å². The fraction of sp³-hybridized carbons (Fsp3) is 0.312. The van der Waals surface area contributed by atoms with Crippen LogP contribution in [-0.2, 0) is 6.54 Å². The lowest BCUT2D eigenvalue weighted by Crippen LogP contribution is -2.51. The van der Waals surface area contributed by atoms with Gasteiger partial charge in [-0.2, -0.15) is 0 Å². The minimum atomic E-state index is 0.555. The highest BCUT2D eigenvalue weighted by Gasteiger charge is 2.18. The number of nitrogens with zero attached hydrogens (tertiary/aromatic N) is 3. The zero-order chi connectivity index (χ0) is 15.4. The van der Waals surface area contributed by atoms with Gasteiger partial charge < -0.3 is 20.0 Å². The third-order valence-corrected chi connectivity index (χ3v) is 4.05. The second kappa shape index (κ2) is 6.75. The molecule has 0 amide bonds. The smallest absolute Gasteiger partial charge is 0.191 e. The van der Waals surface area contributed by atoms with Crippen LogP contribution in [0.2, 0.25) is 5.02 Å². The minimum absolute atomic E-state index is 0.555. The number of anilines is 1. The number of furan rings is 1. The molecular weight excluding hydrogens is 300 g/mol. The first kappa shape index (κ1) is 14.8. The van der Waals surface area contributed by atoms with Crippen LogP contribution in [0.15, 0.2) is 52.3 Å². The van der Waals surface area contributed by atoms with Crippen LogP contribution in [0.3, 0.4) is 0 Å². The third-order valence-electron chi connectivity index (χ3n) is 3.80. The normalized spacial score (nSPS) is 16.1. The monoisotopic (exact) mass is 318 g/mol. The molecule has 22 heavy (non-hydrogen) atoms. The standard InChI is InChI=1S/C16H19ClN4O/c17-14-1-3-15(4-2-14)20-6-8-21(9-7-20)16(18)19-11-13-5-10-22-12-13/h1-5,10,12H,6-9,11H2,(H2,18,19). The van der Waals surface area contributed by atoms with E-state index in [4.69, 9.17) is 21.8 Å². The van der Waals surface area contributed by atoms with Gasteiger partial charge in [0.15, 0.2) is 5.96 Å². The number of halogens is 1. The second-order valence-corrected chi connectivity index (χ2v) is 5.69. The molecule has 1 aliphatic heterocycles. The lowest BCUT2D eigenvalue weighted by molar-refractivity contribution is 0.380. The van der Waals surface area contributed by atoms with Gasteiger partial charge >= 0.3 is 0 Å². The van der Waals surface area contributed by atoms with E-state index in [1.807, 2.05) is 30.3 Å². The Bertz CT molecular complexity index is 616. The first-order valence-corrected chi connectivity index (χ1v) is 7.66. The summed E-state index contributed by atoms with van der Waals surface area (Å²) in [5, 5.41) is 0.762. The molecule has 1 aromatic heterocycles. The zero-order valence-corrected chi connectivity index (χ0v) is 13.0. The van der Waals surface area contributed by atoms with Crippen molar-refractivity contribution < 1.29 is 4.42 Å². The SMILES string of the molecule is NC(=NCc1ccoc1)N1CCN(c2ccc(Cl)cc2)CC1. The van der Waals surface area contributed by atoms with Crippen LogP contribution in [0.1, 0.15) is 5.56 Å². The molecule has 1 saturated heterocycles. The number of hydrogen-bond donors (Lipinski definition) is 1. The topological polar surface area (TPSA) is 58.0 Å². The fourth-order valence-corrected chi connectivity index (χ4v) is 2.63. The highest BCUT2D eigenvalue weighted by Crippen LogP contribution is 2.19.